The van der Waals surface area contributed by atoms with Crippen LogP contribution in [0.1, 0.15) is 26.7 Å². The largest absolute Gasteiger partial charge is 0.353 e. The van der Waals surface area contributed by atoms with Crippen molar-refractivity contribution in [1.82, 2.24) is 0 Å². The van der Waals surface area contributed by atoms with Gasteiger partial charge in [-0.25, -0.2) is 0 Å². The lowest BCUT2D eigenvalue weighted by atomic mass is 10.1. The fourth-order valence-electron chi connectivity index (χ4n) is 2.38. The van der Waals surface area contributed by atoms with E-state index in [9.17, 15) is 0 Å². The number of methoxy groups -OCH3 is 1. The summed E-state index contributed by atoms with van der Waals surface area (Å²) >= 11 is 2.31. The summed E-state index contributed by atoms with van der Waals surface area (Å²) in [5.41, 5.74) is 0. The van der Waals surface area contributed by atoms with E-state index < -0.39 is 5.79 Å². The van der Waals surface area contributed by atoms with Gasteiger partial charge in [0, 0.05) is 11.5 Å². The number of hydrogen-bond acceptors (Lipinski definition) is 4. The van der Waals surface area contributed by atoms with Crippen molar-refractivity contribution >= 4 is 22.6 Å². The van der Waals surface area contributed by atoms with Crippen LogP contribution in [0.3, 0.4) is 0 Å². The smallest absolute Gasteiger partial charge is 0.186 e. The van der Waals surface area contributed by atoms with Gasteiger partial charge >= 0.3 is 0 Å². The molecule has 2 aliphatic rings. The standard InChI is InChI=1S/C11H19IO4/c1-4-11(5-2)15-8-7(6-12)14-10(13-3)9(8)16-11/h7-10H,4-6H2,1-3H3/t7-,8-,9-,10-/m1/s1. The first kappa shape index (κ1) is 13.0. The predicted molar refractivity (Wildman–Crippen MR) is 67.6 cm³/mol. The van der Waals surface area contributed by atoms with Crippen LogP contribution in [0.25, 0.3) is 0 Å². The monoisotopic (exact) mass is 342 g/mol. The van der Waals surface area contributed by atoms with Crippen molar-refractivity contribution in [3.8, 4) is 0 Å². The van der Waals surface area contributed by atoms with Gasteiger partial charge in [0.1, 0.15) is 12.2 Å². The van der Waals surface area contributed by atoms with Crippen LogP contribution in [-0.4, -0.2) is 41.9 Å². The fourth-order valence-corrected chi connectivity index (χ4v) is 3.09. The van der Waals surface area contributed by atoms with E-state index in [1.54, 1.807) is 7.11 Å². The molecule has 2 heterocycles. The van der Waals surface area contributed by atoms with E-state index in [4.69, 9.17) is 18.9 Å². The van der Waals surface area contributed by atoms with Crippen LogP contribution in [0.5, 0.6) is 0 Å². The lowest BCUT2D eigenvalue weighted by Gasteiger charge is -2.28. The van der Waals surface area contributed by atoms with Gasteiger partial charge in [-0.2, -0.15) is 0 Å². The number of fused-ring (bicyclic) bond motifs is 1. The second kappa shape index (κ2) is 5.06. The second-order valence-electron chi connectivity index (χ2n) is 4.22. The summed E-state index contributed by atoms with van der Waals surface area (Å²) < 4.78 is 24.0. The van der Waals surface area contributed by atoms with Gasteiger partial charge in [0.25, 0.3) is 0 Å². The molecule has 0 radical (unpaired) electrons. The predicted octanol–water partition coefficient (Wildman–Crippen LogP) is 2.09. The summed E-state index contributed by atoms with van der Waals surface area (Å²) in [6.07, 6.45) is 1.45. The van der Waals surface area contributed by atoms with Gasteiger partial charge < -0.3 is 18.9 Å². The van der Waals surface area contributed by atoms with Crippen molar-refractivity contribution in [2.24, 2.45) is 0 Å². The van der Waals surface area contributed by atoms with E-state index in [1.165, 1.54) is 0 Å². The average Bonchev–Trinajstić information content (AvgIpc) is 2.84. The first-order valence-corrected chi connectivity index (χ1v) is 7.32. The van der Waals surface area contributed by atoms with Gasteiger partial charge in [-0.1, -0.05) is 36.4 Å². The topological polar surface area (TPSA) is 36.9 Å². The van der Waals surface area contributed by atoms with Crippen molar-refractivity contribution in [2.75, 3.05) is 11.5 Å². The second-order valence-corrected chi connectivity index (χ2v) is 5.10. The van der Waals surface area contributed by atoms with E-state index >= 15 is 0 Å². The van der Waals surface area contributed by atoms with E-state index in [0.29, 0.717) is 0 Å². The molecule has 4 nitrogen and oxygen atoms in total. The summed E-state index contributed by atoms with van der Waals surface area (Å²) in [4.78, 5) is 0. The molecule has 2 fully saturated rings. The molecule has 2 saturated heterocycles. The fraction of sp³-hybridized carbons (Fsp3) is 1.00. The molecule has 4 atom stereocenters. The van der Waals surface area contributed by atoms with Crippen molar-refractivity contribution in [3.05, 3.63) is 0 Å². The maximum absolute atomic E-state index is 6.07. The first-order chi connectivity index (χ1) is 7.69. The maximum atomic E-state index is 6.07. The zero-order chi connectivity index (χ0) is 11.8. The van der Waals surface area contributed by atoms with Gasteiger partial charge in [0.15, 0.2) is 12.1 Å². The number of rotatable bonds is 4. The van der Waals surface area contributed by atoms with E-state index in [2.05, 4.69) is 36.4 Å². The molecule has 5 heteroatoms. The molecular formula is C11H19IO4. The van der Waals surface area contributed by atoms with E-state index in [1.807, 2.05) is 0 Å². The zero-order valence-electron chi connectivity index (χ0n) is 9.94. The van der Waals surface area contributed by atoms with E-state index in [-0.39, 0.29) is 24.6 Å². The Morgan fingerprint density at radius 2 is 1.81 bits per heavy atom. The van der Waals surface area contributed by atoms with Crippen LogP contribution in [0.4, 0.5) is 0 Å². The van der Waals surface area contributed by atoms with Gasteiger partial charge in [-0.15, -0.1) is 0 Å². The molecule has 2 aliphatic heterocycles. The normalized spacial score (nSPS) is 41.2. The van der Waals surface area contributed by atoms with Crippen molar-refractivity contribution in [3.63, 3.8) is 0 Å². The summed E-state index contributed by atoms with van der Waals surface area (Å²) in [5.74, 6) is -0.431. The minimum Gasteiger partial charge on any atom is -0.353 e. The van der Waals surface area contributed by atoms with Crippen molar-refractivity contribution in [2.45, 2.75) is 57.1 Å². The molecule has 94 valence electrons. The number of ether oxygens (including phenoxy) is 4. The summed E-state index contributed by atoms with van der Waals surface area (Å²) in [7, 11) is 1.65. The number of alkyl halides is 1. The molecule has 0 amide bonds. The number of hydrogen-bond donors (Lipinski definition) is 0. The van der Waals surface area contributed by atoms with Crippen LogP contribution in [-0.2, 0) is 18.9 Å². The lowest BCUT2D eigenvalue weighted by molar-refractivity contribution is -0.240. The molecule has 16 heavy (non-hydrogen) atoms. The molecule has 0 aromatic rings. The Bertz CT molecular complexity index is 224. The first-order valence-electron chi connectivity index (χ1n) is 5.79. The third-order valence-electron chi connectivity index (χ3n) is 3.43. The van der Waals surface area contributed by atoms with Crippen LogP contribution in [0.2, 0.25) is 0 Å². The Hall–Kier alpha value is 0.570. The maximum Gasteiger partial charge on any atom is 0.186 e. The molecule has 2 rings (SSSR count). The third kappa shape index (κ3) is 2.01. The van der Waals surface area contributed by atoms with Crippen LogP contribution in [0, 0.1) is 0 Å². The Balaban J connectivity index is 2.14. The summed E-state index contributed by atoms with van der Waals surface area (Å²) in [6, 6.07) is 0. The highest BCUT2D eigenvalue weighted by Crippen LogP contribution is 2.42. The van der Waals surface area contributed by atoms with Crippen LogP contribution >= 0.6 is 22.6 Å². The Morgan fingerprint density at radius 3 is 2.31 bits per heavy atom. The Kier molecular flexibility index (Phi) is 4.11. The highest BCUT2D eigenvalue weighted by atomic mass is 127. The van der Waals surface area contributed by atoms with Gasteiger partial charge in [-0.3, -0.25) is 0 Å². The zero-order valence-corrected chi connectivity index (χ0v) is 12.1. The van der Waals surface area contributed by atoms with Crippen molar-refractivity contribution in [1.29, 1.82) is 0 Å². The molecule has 0 spiro atoms. The van der Waals surface area contributed by atoms with E-state index in [0.717, 1.165) is 17.3 Å². The molecule has 0 aliphatic carbocycles. The van der Waals surface area contributed by atoms with Crippen molar-refractivity contribution < 1.29 is 18.9 Å². The van der Waals surface area contributed by atoms with Crippen LogP contribution in [0.15, 0.2) is 0 Å². The minimum atomic E-state index is -0.431. The van der Waals surface area contributed by atoms with Crippen LogP contribution < -0.4 is 0 Å². The number of halogens is 1. The lowest BCUT2D eigenvalue weighted by Crippen LogP contribution is -2.34. The minimum absolute atomic E-state index is 0.0155. The molecule has 0 N–H and O–H groups in total. The van der Waals surface area contributed by atoms with Gasteiger partial charge in [0.2, 0.25) is 0 Å². The molecule has 0 unspecified atom stereocenters. The Morgan fingerprint density at radius 1 is 1.19 bits per heavy atom. The van der Waals surface area contributed by atoms with Gasteiger partial charge in [0.05, 0.1) is 6.10 Å². The summed E-state index contributed by atoms with van der Waals surface area (Å²) in [5, 5.41) is 0. The Labute approximate surface area is 110 Å². The summed E-state index contributed by atoms with van der Waals surface area (Å²) in [6.45, 7) is 4.18. The quantitative estimate of drug-likeness (QED) is 0.579. The molecular weight excluding hydrogens is 323 g/mol. The molecule has 0 bridgehead atoms. The third-order valence-corrected chi connectivity index (χ3v) is 4.30. The molecule has 0 aromatic carbocycles. The van der Waals surface area contributed by atoms with Gasteiger partial charge in [-0.05, 0) is 12.8 Å². The highest BCUT2D eigenvalue weighted by Gasteiger charge is 2.56. The molecule has 0 aromatic heterocycles. The highest BCUT2D eigenvalue weighted by molar-refractivity contribution is 14.1. The average molecular weight is 342 g/mol. The molecule has 0 saturated carbocycles. The SMILES string of the molecule is CCC1(CC)O[C@H]2[C@H](OC)O[C@H](CI)[C@H]2O1.